The van der Waals surface area contributed by atoms with Crippen molar-refractivity contribution in [3.05, 3.63) is 23.8 Å². The van der Waals surface area contributed by atoms with Crippen LogP contribution >= 0.6 is 11.8 Å². The molecule has 1 N–H and O–H groups in total. The van der Waals surface area contributed by atoms with Crippen molar-refractivity contribution < 1.29 is 4.74 Å². The van der Waals surface area contributed by atoms with Crippen molar-refractivity contribution in [3.8, 4) is 5.75 Å². The highest BCUT2D eigenvalue weighted by Gasteiger charge is 2.19. The van der Waals surface area contributed by atoms with Crippen LogP contribution in [-0.4, -0.2) is 24.1 Å². The second-order valence-corrected chi connectivity index (χ2v) is 6.35. The highest BCUT2D eigenvalue weighted by Crippen LogP contribution is 2.26. The van der Waals surface area contributed by atoms with E-state index in [4.69, 9.17) is 9.73 Å². The van der Waals surface area contributed by atoms with Crippen LogP contribution in [0.3, 0.4) is 0 Å². The number of rotatable bonds is 4. The van der Waals surface area contributed by atoms with Crippen molar-refractivity contribution >= 4 is 22.6 Å². The second-order valence-electron chi connectivity index (χ2n) is 5.34. The van der Waals surface area contributed by atoms with Crippen LogP contribution < -0.4 is 10.1 Å². The van der Waals surface area contributed by atoms with Gasteiger partial charge in [0, 0.05) is 11.4 Å². The second kappa shape index (κ2) is 6.33. The van der Waals surface area contributed by atoms with E-state index in [-0.39, 0.29) is 0 Å². The molecule has 1 aromatic carbocycles. The van der Waals surface area contributed by atoms with Crippen LogP contribution in [0.2, 0.25) is 0 Å². The molecule has 0 aliphatic carbocycles. The number of aliphatic imine (C=N–C) groups is 1. The van der Waals surface area contributed by atoms with Crippen molar-refractivity contribution in [1.82, 2.24) is 0 Å². The van der Waals surface area contributed by atoms with Crippen LogP contribution in [0.4, 0.5) is 5.69 Å². The van der Waals surface area contributed by atoms with Gasteiger partial charge in [-0.3, -0.25) is 4.99 Å². The molecular weight excluding hydrogens is 256 g/mol. The van der Waals surface area contributed by atoms with Gasteiger partial charge in [-0.1, -0.05) is 25.6 Å². The van der Waals surface area contributed by atoms with Gasteiger partial charge in [-0.15, -0.1) is 0 Å². The normalized spacial score (nSPS) is 18.6. The van der Waals surface area contributed by atoms with Gasteiger partial charge in [0.05, 0.1) is 13.2 Å². The third kappa shape index (κ3) is 3.90. The summed E-state index contributed by atoms with van der Waals surface area (Å²) in [6.07, 6.45) is 1.17. The van der Waals surface area contributed by atoms with E-state index >= 15 is 0 Å². The monoisotopic (exact) mass is 278 g/mol. The summed E-state index contributed by atoms with van der Waals surface area (Å²) in [5.74, 6) is 2.72. The Kier molecular flexibility index (Phi) is 4.75. The molecule has 0 aromatic heterocycles. The zero-order valence-corrected chi connectivity index (χ0v) is 12.9. The third-order valence-electron chi connectivity index (χ3n) is 3.10. The summed E-state index contributed by atoms with van der Waals surface area (Å²) < 4.78 is 5.27. The minimum Gasteiger partial charge on any atom is -0.496 e. The quantitative estimate of drug-likeness (QED) is 0.906. The van der Waals surface area contributed by atoms with E-state index in [1.54, 1.807) is 7.11 Å². The summed E-state index contributed by atoms with van der Waals surface area (Å²) in [5, 5.41) is 4.43. The number of thioether (sulfide) groups is 1. The average molecular weight is 278 g/mol. The smallest absolute Gasteiger partial charge is 0.161 e. The van der Waals surface area contributed by atoms with Gasteiger partial charge in [0.1, 0.15) is 5.75 Å². The van der Waals surface area contributed by atoms with Crippen LogP contribution in [-0.2, 0) is 0 Å². The molecule has 0 saturated carbocycles. The van der Waals surface area contributed by atoms with Crippen molar-refractivity contribution in [2.24, 2.45) is 10.9 Å². The number of nitrogens with one attached hydrogen (secondary N) is 1. The molecule has 2 rings (SSSR count). The maximum absolute atomic E-state index is 5.27. The summed E-state index contributed by atoms with van der Waals surface area (Å²) in [7, 11) is 1.70. The molecule has 0 fully saturated rings. The molecule has 0 radical (unpaired) electrons. The molecule has 3 nitrogen and oxygen atoms in total. The van der Waals surface area contributed by atoms with E-state index in [2.05, 4.69) is 32.2 Å². The average Bonchev–Trinajstić information content (AvgIpc) is 2.76. The summed E-state index contributed by atoms with van der Waals surface area (Å²) in [6.45, 7) is 6.55. The van der Waals surface area contributed by atoms with Crippen LogP contribution in [0.15, 0.2) is 23.2 Å². The molecule has 19 heavy (non-hydrogen) atoms. The van der Waals surface area contributed by atoms with Gasteiger partial charge in [0.2, 0.25) is 0 Å². The van der Waals surface area contributed by atoms with E-state index < -0.39 is 0 Å². The first-order valence-corrected chi connectivity index (χ1v) is 7.69. The van der Waals surface area contributed by atoms with Crippen LogP contribution in [0.1, 0.15) is 25.8 Å². The molecule has 0 saturated heterocycles. The lowest BCUT2D eigenvalue weighted by Gasteiger charge is -2.09. The van der Waals surface area contributed by atoms with E-state index in [1.165, 1.54) is 6.42 Å². The van der Waals surface area contributed by atoms with Crippen molar-refractivity contribution in [3.63, 3.8) is 0 Å². The first kappa shape index (κ1) is 14.3. The van der Waals surface area contributed by atoms with E-state index in [1.807, 2.05) is 23.9 Å². The molecule has 0 bridgehead atoms. The fourth-order valence-corrected chi connectivity index (χ4v) is 3.20. The predicted molar refractivity (Wildman–Crippen MR) is 84.5 cm³/mol. The van der Waals surface area contributed by atoms with Gasteiger partial charge < -0.3 is 10.1 Å². The topological polar surface area (TPSA) is 33.6 Å². The maximum atomic E-state index is 5.27. The summed E-state index contributed by atoms with van der Waals surface area (Å²) in [5.41, 5.74) is 2.21. The molecular formula is C15H22N2OS. The van der Waals surface area contributed by atoms with Gasteiger partial charge in [0.25, 0.3) is 0 Å². The summed E-state index contributed by atoms with van der Waals surface area (Å²) in [4.78, 5) is 4.73. The molecule has 0 amide bonds. The van der Waals surface area contributed by atoms with E-state index in [0.29, 0.717) is 12.0 Å². The molecule has 1 aromatic rings. The number of methoxy groups -OCH3 is 1. The third-order valence-corrected chi connectivity index (χ3v) is 4.13. The summed E-state index contributed by atoms with van der Waals surface area (Å²) >= 11 is 1.81. The van der Waals surface area contributed by atoms with Crippen LogP contribution in [0.5, 0.6) is 5.75 Å². The number of anilines is 1. The Balaban J connectivity index is 2.00. The van der Waals surface area contributed by atoms with Crippen LogP contribution in [0.25, 0.3) is 0 Å². The Bertz CT molecular complexity index is 471. The Morgan fingerprint density at radius 1 is 1.47 bits per heavy atom. The Morgan fingerprint density at radius 2 is 2.26 bits per heavy atom. The molecule has 1 aliphatic rings. The number of nitrogens with zero attached hydrogens (tertiary/aromatic N) is 1. The molecule has 4 heteroatoms. The zero-order valence-electron chi connectivity index (χ0n) is 12.1. The highest BCUT2D eigenvalue weighted by molar-refractivity contribution is 8.14. The van der Waals surface area contributed by atoms with Gasteiger partial charge in [0.15, 0.2) is 5.17 Å². The van der Waals surface area contributed by atoms with E-state index in [9.17, 15) is 0 Å². The standard InChI is InChI=1S/C15H22N2OS/c1-10(2)7-13-9-19-15(17-13)16-12-5-6-14(18-4)11(3)8-12/h5-6,8,10,13H,7,9H2,1-4H3,(H,16,17). The molecule has 1 aliphatic heterocycles. The van der Waals surface area contributed by atoms with Crippen LogP contribution in [0, 0.1) is 12.8 Å². The zero-order chi connectivity index (χ0) is 13.8. The van der Waals surface area contributed by atoms with Gasteiger partial charge >= 0.3 is 0 Å². The number of aryl methyl sites for hydroxylation is 1. The Morgan fingerprint density at radius 3 is 2.89 bits per heavy atom. The largest absolute Gasteiger partial charge is 0.496 e. The number of amidine groups is 1. The molecule has 1 atom stereocenters. The molecule has 1 unspecified atom stereocenters. The Hall–Kier alpha value is -1.16. The fourth-order valence-electron chi connectivity index (χ4n) is 2.23. The van der Waals surface area contributed by atoms with Crippen molar-refractivity contribution in [2.75, 3.05) is 18.2 Å². The Labute approximate surface area is 119 Å². The van der Waals surface area contributed by atoms with Gasteiger partial charge in [-0.25, -0.2) is 0 Å². The van der Waals surface area contributed by atoms with Gasteiger partial charge in [-0.05, 0) is 43.0 Å². The number of benzene rings is 1. The molecule has 1 heterocycles. The lowest BCUT2D eigenvalue weighted by molar-refractivity contribution is 0.412. The number of ether oxygens (including phenoxy) is 1. The van der Waals surface area contributed by atoms with Crippen molar-refractivity contribution in [2.45, 2.75) is 33.2 Å². The number of hydrogen-bond donors (Lipinski definition) is 1. The molecule has 0 spiro atoms. The maximum Gasteiger partial charge on any atom is 0.161 e. The van der Waals surface area contributed by atoms with Gasteiger partial charge in [-0.2, -0.15) is 0 Å². The SMILES string of the molecule is COc1ccc(NC2=NC(CC(C)C)CS2)cc1C. The lowest BCUT2D eigenvalue weighted by atomic mass is 10.1. The molecule has 104 valence electrons. The first-order chi connectivity index (χ1) is 9.08. The first-order valence-electron chi connectivity index (χ1n) is 6.70. The summed E-state index contributed by atoms with van der Waals surface area (Å²) in [6, 6.07) is 6.58. The minimum absolute atomic E-state index is 0.465. The lowest BCUT2D eigenvalue weighted by Crippen LogP contribution is -2.08. The van der Waals surface area contributed by atoms with E-state index in [0.717, 1.165) is 27.9 Å². The highest BCUT2D eigenvalue weighted by atomic mass is 32.2. The fraction of sp³-hybridized carbons (Fsp3) is 0.533. The minimum atomic E-state index is 0.465. The predicted octanol–water partition coefficient (Wildman–Crippen LogP) is 3.93. The number of hydrogen-bond acceptors (Lipinski definition) is 4. The van der Waals surface area contributed by atoms with Crippen molar-refractivity contribution in [1.29, 1.82) is 0 Å².